The second kappa shape index (κ2) is 8.83. The van der Waals surface area contributed by atoms with Gasteiger partial charge in [-0.1, -0.05) is 13.8 Å². The zero-order valence-corrected chi connectivity index (χ0v) is 16.0. The molecule has 2 N–H and O–H groups in total. The van der Waals surface area contributed by atoms with E-state index in [-0.39, 0.29) is 35.6 Å². The first kappa shape index (κ1) is 19.9. The van der Waals surface area contributed by atoms with Gasteiger partial charge in [-0.15, -0.1) is 0 Å². The molecule has 3 amide bonds. The van der Waals surface area contributed by atoms with E-state index in [1.165, 1.54) is 0 Å². The third kappa shape index (κ3) is 5.31. The van der Waals surface area contributed by atoms with E-state index in [9.17, 15) is 14.4 Å². The summed E-state index contributed by atoms with van der Waals surface area (Å²) < 4.78 is 0. The van der Waals surface area contributed by atoms with Crippen molar-refractivity contribution in [3.63, 3.8) is 0 Å². The molecule has 0 saturated carbocycles. The molecule has 1 atom stereocenters. The highest BCUT2D eigenvalue weighted by Gasteiger charge is 2.29. The minimum atomic E-state index is -0.153. The second-order valence-corrected chi connectivity index (χ2v) is 7.47. The Hall–Kier alpha value is -2.37. The molecule has 1 heterocycles. The standard InChI is InChI=1S/C20H29N3O3/c1-13(2)18(24)22-17-9-7-15(8-10-17)20(26)23-11-5-6-16(12-23)19(25)21-14(3)4/h7-10,13-14,16H,5-6,11-12H2,1-4H3,(H,21,25)(H,22,24). The lowest BCUT2D eigenvalue weighted by Gasteiger charge is -2.32. The summed E-state index contributed by atoms with van der Waals surface area (Å²) in [5.41, 5.74) is 1.24. The van der Waals surface area contributed by atoms with Crippen LogP contribution in [0.3, 0.4) is 0 Å². The van der Waals surface area contributed by atoms with Crippen LogP contribution in [0, 0.1) is 11.8 Å². The summed E-state index contributed by atoms with van der Waals surface area (Å²) in [5, 5.41) is 5.74. The van der Waals surface area contributed by atoms with E-state index in [2.05, 4.69) is 10.6 Å². The number of hydrogen-bond acceptors (Lipinski definition) is 3. The zero-order chi connectivity index (χ0) is 19.3. The van der Waals surface area contributed by atoms with Crippen LogP contribution in [0.15, 0.2) is 24.3 Å². The van der Waals surface area contributed by atoms with Gasteiger partial charge < -0.3 is 15.5 Å². The molecule has 0 radical (unpaired) electrons. The van der Waals surface area contributed by atoms with E-state index >= 15 is 0 Å². The third-order valence-electron chi connectivity index (χ3n) is 4.43. The first-order valence-electron chi connectivity index (χ1n) is 9.28. The molecule has 1 aromatic carbocycles. The van der Waals surface area contributed by atoms with Crippen LogP contribution in [0.5, 0.6) is 0 Å². The molecule has 1 saturated heterocycles. The molecule has 0 aliphatic carbocycles. The van der Waals surface area contributed by atoms with Gasteiger partial charge in [0, 0.05) is 36.3 Å². The first-order chi connectivity index (χ1) is 12.3. The predicted octanol–water partition coefficient (Wildman–Crippen LogP) is 2.66. The molecule has 1 unspecified atom stereocenters. The summed E-state index contributed by atoms with van der Waals surface area (Å²) in [4.78, 5) is 38.4. The van der Waals surface area contributed by atoms with E-state index in [0.29, 0.717) is 24.3 Å². The van der Waals surface area contributed by atoms with Crippen molar-refractivity contribution in [2.24, 2.45) is 11.8 Å². The van der Waals surface area contributed by atoms with Gasteiger partial charge in [0.1, 0.15) is 0 Å². The van der Waals surface area contributed by atoms with Gasteiger partial charge in [0.25, 0.3) is 5.91 Å². The van der Waals surface area contributed by atoms with E-state index in [1.807, 2.05) is 27.7 Å². The topological polar surface area (TPSA) is 78.5 Å². The van der Waals surface area contributed by atoms with Crippen LogP contribution in [-0.4, -0.2) is 41.8 Å². The molecule has 1 aliphatic rings. The van der Waals surface area contributed by atoms with Gasteiger partial charge in [0.15, 0.2) is 0 Å². The fourth-order valence-corrected chi connectivity index (χ4v) is 2.94. The minimum Gasteiger partial charge on any atom is -0.354 e. The molecule has 0 aromatic heterocycles. The molecule has 1 aromatic rings. The zero-order valence-electron chi connectivity index (χ0n) is 16.0. The summed E-state index contributed by atoms with van der Waals surface area (Å²) in [6, 6.07) is 7.01. The second-order valence-electron chi connectivity index (χ2n) is 7.47. The monoisotopic (exact) mass is 359 g/mol. The molecule has 1 aliphatic heterocycles. The molecular weight excluding hydrogens is 330 g/mol. The van der Waals surface area contributed by atoms with Crippen molar-refractivity contribution < 1.29 is 14.4 Å². The number of hydrogen-bond donors (Lipinski definition) is 2. The number of nitrogens with zero attached hydrogens (tertiary/aromatic N) is 1. The van der Waals surface area contributed by atoms with Gasteiger partial charge in [-0.05, 0) is 51.0 Å². The number of carbonyl (C=O) groups excluding carboxylic acids is 3. The molecule has 0 spiro atoms. The van der Waals surface area contributed by atoms with Crippen LogP contribution in [-0.2, 0) is 9.59 Å². The maximum Gasteiger partial charge on any atom is 0.253 e. The normalized spacial score (nSPS) is 17.3. The molecule has 2 rings (SSSR count). The average Bonchev–Trinajstić information content (AvgIpc) is 2.61. The first-order valence-corrected chi connectivity index (χ1v) is 9.28. The number of anilines is 1. The summed E-state index contributed by atoms with van der Waals surface area (Å²) in [5.74, 6) is -0.365. The van der Waals surface area contributed by atoms with Crippen LogP contribution >= 0.6 is 0 Å². The highest BCUT2D eigenvalue weighted by Crippen LogP contribution is 2.20. The average molecular weight is 359 g/mol. The number of piperidine rings is 1. The maximum absolute atomic E-state index is 12.7. The largest absolute Gasteiger partial charge is 0.354 e. The van der Waals surface area contributed by atoms with Gasteiger partial charge in [-0.3, -0.25) is 14.4 Å². The van der Waals surface area contributed by atoms with Crippen molar-refractivity contribution in [3.05, 3.63) is 29.8 Å². The Labute approximate surface area is 155 Å². The van der Waals surface area contributed by atoms with Crippen molar-refractivity contribution in [2.75, 3.05) is 18.4 Å². The quantitative estimate of drug-likeness (QED) is 0.848. The minimum absolute atomic E-state index is 0.0178. The Morgan fingerprint density at radius 3 is 2.31 bits per heavy atom. The van der Waals surface area contributed by atoms with Gasteiger partial charge in [0.2, 0.25) is 11.8 Å². The fraction of sp³-hybridized carbons (Fsp3) is 0.550. The molecule has 142 valence electrons. The van der Waals surface area contributed by atoms with Crippen LogP contribution in [0.4, 0.5) is 5.69 Å². The Balaban J connectivity index is 1.99. The molecular formula is C20H29N3O3. The number of likely N-dealkylation sites (tertiary alicyclic amines) is 1. The van der Waals surface area contributed by atoms with Crippen molar-refractivity contribution in [1.29, 1.82) is 0 Å². The van der Waals surface area contributed by atoms with Gasteiger partial charge >= 0.3 is 0 Å². The fourth-order valence-electron chi connectivity index (χ4n) is 2.94. The molecule has 1 fully saturated rings. The number of benzene rings is 1. The van der Waals surface area contributed by atoms with E-state index in [0.717, 1.165) is 12.8 Å². The lowest BCUT2D eigenvalue weighted by Crippen LogP contribution is -2.46. The van der Waals surface area contributed by atoms with Crippen LogP contribution < -0.4 is 10.6 Å². The molecule has 0 bridgehead atoms. The Kier molecular flexibility index (Phi) is 6.77. The van der Waals surface area contributed by atoms with E-state index in [1.54, 1.807) is 29.2 Å². The number of amides is 3. The lowest BCUT2D eigenvalue weighted by atomic mass is 9.96. The summed E-state index contributed by atoms with van der Waals surface area (Å²) >= 11 is 0. The summed E-state index contributed by atoms with van der Waals surface area (Å²) in [7, 11) is 0. The summed E-state index contributed by atoms with van der Waals surface area (Å²) in [6.07, 6.45) is 1.63. The number of nitrogens with one attached hydrogen (secondary N) is 2. The van der Waals surface area contributed by atoms with Crippen molar-refractivity contribution in [3.8, 4) is 0 Å². The summed E-state index contributed by atoms with van der Waals surface area (Å²) in [6.45, 7) is 8.64. The van der Waals surface area contributed by atoms with E-state index < -0.39 is 0 Å². The lowest BCUT2D eigenvalue weighted by molar-refractivity contribution is -0.126. The highest BCUT2D eigenvalue weighted by atomic mass is 16.2. The number of rotatable bonds is 5. The Bertz CT molecular complexity index is 653. The molecule has 6 heteroatoms. The maximum atomic E-state index is 12.7. The molecule has 26 heavy (non-hydrogen) atoms. The van der Waals surface area contributed by atoms with Crippen molar-refractivity contribution in [2.45, 2.75) is 46.6 Å². The highest BCUT2D eigenvalue weighted by molar-refractivity contribution is 5.96. The smallest absolute Gasteiger partial charge is 0.253 e. The van der Waals surface area contributed by atoms with Gasteiger partial charge in [0.05, 0.1) is 5.92 Å². The van der Waals surface area contributed by atoms with Crippen LogP contribution in [0.1, 0.15) is 50.9 Å². The Morgan fingerprint density at radius 2 is 1.73 bits per heavy atom. The Morgan fingerprint density at radius 1 is 1.08 bits per heavy atom. The SMILES string of the molecule is CC(C)NC(=O)C1CCCN(C(=O)c2ccc(NC(=O)C(C)C)cc2)C1. The van der Waals surface area contributed by atoms with Gasteiger partial charge in [-0.2, -0.15) is 0 Å². The number of carbonyl (C=O) groups is 3. The van der Waals surface area contributed by atoms with Crippen LogP contribution in [0.2, 0.25) is 0 Å². The molecule has 6 nitrogen and oxygen atoms in total. The van der Waals surface area contributed by atoms with Crippen molar-refractivity contribution in [1.82, 2.24) is 10.2 Å². The predicted molar refractivity (Wildman–Crippen MR) is 102 cm³/mol. The van der Waals surface area contributed by atoms with Crippen LogP contribution in [0.25, 0.3) is 0 Å². The van der Waals surface area contributed by atoms with E-state index in [4.69, 9.17) is 0 Å². The van der Waals surface area contributed by atoms with Gasteiger partial charge in [-0.25, -0.2) is 0 Å². The third-order valence-corrected chi connectivity index (χ3v) is 4.43. The van der Waals surface area contributed by atoms with Crippen molar-refractivity contribution >= 4 is 23.4 Å².